The van der Waals surface area contributed by atoms with Crippen molar-refractivity contribution in [2.45, 2.75) is 26.7 Å². The first-order valence-electron chi connectivity index (χ1n) is 7.76. The van der Waals surface area contributed by atoms with Crippen LogP contribution in [0.2, 0.25) is 0 Å². The van der Waals surface area contributed by atoms with Crippen molar-refractivity contribution in [2.24, 2.45) is 0 Å². The largest absolute Gasteiger partial charge is 0.352 e. The highest BCUT2D eigenvalue weighted by molar-refractivity contribution is 5.96. The first-order chi connectivity index (χ1) is 11.0. The lowest BCUT2D eigenvalue weighted by molar-refractivity contribution is -0.114. The van der Waals surface area contributed by atoms with E-state index < -0.39 is 0 Å². The predicted octanol–water partition coefficient (Wildman–Crippen LogP) is 3.32. The maximum absolute atomic E-state index is 12.1. The van der Waals surface area contributed by atoms with Crippen LogP contribution in [0.15, 0.2) is 48.5 Å². The van der Waals surface area contributed by atoms with E-state index in [0.717, 1.165) is 12.8 Å². The molecule has 0 bridgehead atoms. The molecule has 0 radical (unpaired) electrons. The van der Waals surface area contributed by atoms with Crippen LogP contribution in [0.1, 0.15) is 34.8 Å². The highest BCUT2D eigenvalue weighted by atomic mass is 16.2. The fourth-order valence-electron chi connectivity index (χ4n) is 2.41. The molecule has 0 aliphatic rings. The minimum Gasteiger partial charge on any atom is -0.352 e. The second kappa shape index (κ2) is 8.13. The summed E-state index contributed by atoms with van der Waals surface area (Å²) in [5, 5.41) is 5.59. The van der Waals surface area contributed by atoms with Gasteiger partial charge in [-0.3, -0.25) is 9.59 Å². The number of amides is 2. The van der Waals surface area contributed by atoms with Crippen LogP contribution in [0.25, 0.3) is 0 Å². The summed E-state index contributed by atoms with van der Waals surface area (Å²) in [5.74, 6) is -0.276. The SMILES string of the molecule is CC(=O)Nc1cccc(C(=O)NCCCc2cccc(C)c2)c1. The van der Waals surface area contributed by atoms with Crippen molar-refractivity contribution >= 4 is 17.5 Å². The second-order valence-corrected chi connectivity index (χ2v) is 5.61. The molecule has 120 valence electrons. The van der Waals surface area contributed by atoms with Crippen LogP contribution in [0.3, 0.4) is 0 Å². The number of carbonyl (C=O) groups is 2. The molecule has 0 spiro atoms. The van der Waals surface area contributed by atoms with Crippen molar-refractivity contribution in [1.82, 2.24) is 5.32 Å². The van der Waals surface area contributed by atoms with Gasteiger partial charge in [-0.1, -0.05) is 35.9 Å². The highest BCUT2D eigenvalue weighted by Crippen LogP contribution is 2.11. The molecule has 0 aliphatic carbocycles. The van der Waals surface area contributed by atoms with Gasteiger partial charge in [-0.25, -0.2) is 0 Å². The molecule has 0 aromatic heterocycles. The quantitative estimate of drug-likeness (QED) is 0.804. The standard InChI is InChI=1S/C19H22N2O2/c1-14-6-3-7-16(12-14)8-5-11-20-19(23)17-9-4-10-18(13-17)21-15(2)22/h3-4,6-7,9-10,12-13H,5,8,11H2,1-2H3,(H,20,23)(H,21,22). The summed E-state index contributed by atoms with van der Waals surface area (Å²) in [5.41, 5.74) is 3.71. The van der Waals surface area contributed by atoms with Crippen molar-refractivity contribution in [3.63, 3.8) is 0 Å². The van der Waals surface area contributed by atoms with Crippen LogP contribution in [-0.2, 0) is 11.2 Å². The molecule has 4 nitrogen and oxygen atoms in total. The third-order valence-corrected chi connectivity index (χ3v) is 3.46. The van der Waals surface area contributed by atoms with E-state index in [9.17, 15) is 9.59 Å². The fraction of sp³-hybridized carbons (Fsp3) is 0.263. The van der Waals surface area contributed by atoms with Gasteiger partial charge in [0.2, 0.25) is 5.91 Å². The van der Waals surface area contributed by atoms with E-state index in [1.165, 1.54) is 18.1 Å². The van der Waals surface area contributed by atoms with E-state index in [-0.39, 0.29) is 11.8 Å². The summed E-state index contributed by atoms with van der Waals surface area (Å²) < 4.78 is 0. The molecule has 0 atom stereocenters. The number of aryl methyl sites for hydroxylation is 2. The van der Waals surface area contributed by atoms with Crippen molar-refractivity contribution in [1.29, 1.82) is 0 Å². The van der Waals surface area contributed by atoms with Crippen LogP contribution < -0.4 is 10.6 Å². The molecule has 0 aliphatic heterocycles. The van der Waals surface area contributed by atoms with Gasteiger partial charge < -0.3 is 10.6 Å². The fourth-order valence-corrected chi connectivity index (χ4v) is 2.41. The van der Waals surface area contributed by atoms with Gasteiger partial charge >= 0.3 is 0 Å². The number of hydrogen-bond donors (Lipinski definition) is 2. The first-order valence-corrected chi connectivity index (χ1v) is 7.76. The average Bonchev–Trinajstić information content (AvgIpc) is 2.51. The highest BCUT2D eigenvalue weighted by Gasteiger charge is 2.06. The summed E-state index contributed by atoms with van der Waals surface area (Å²) in [6.07, 6.45) is 1.83. The van der Waals surface area contributed by atoms with Gasteiger partial charge in [0.25, 0.3) is 5.91 Å². The van der Waals surface area contributed by atoms with Crippen molar-refractivity contribution in [3.8, 4) is 0 Å². The molecule has 0 heterocycles. The van der Waals surface area contributed by atoms with Crippen molar-refractivity contribution in [3.05, 3.63) is 65.2 Å². The molecule has 2 aromatic rings. The summed E-state index contributed by atoms with van der Waals surface area (Å²) in [4.78, 5) is 23.2. The molecule has 2 aromatic carbocycles. The topological polar surface area (TPSA) is 58.2 Å². The molecule has 23 heavy (non-hydrogen) atoms. The molecular formula is C19H22N2O2. The smallest absolute Gasteiger partial charge is 0.251 e. The number of rotatable bonds is 6. The summed E-state index contributed by atoms with van der Waals surface area (Å²) >= 11 is 0. The minimum absolute atomic E-state index is 0.124. The third-order valence-electron chi connectivity index (χ3n) is 3.46. The van der Waals surface area contributed by atoms with Gasteiger partial charge in [0, 0.05) is 24.7 Å². The molecular weight excluding hydrogens is 288 g/mol. The van der Waals surface area contributed by atoms with Crippen LogP contribution in [0.5, 0.6) is 0 Å². The zero-order valence-electron chi connectivity index (χ0n) is 13.6. The number of anilines is 1. The molecule has 0 unspecified atom stereocenters. The van der Waals surface area contributed by atoms with E-state index in [4.69, 9.17) is 0 Å². The number of hydrogen-bond acceptors (Lipinski definition) is 2. The van der Waals surface area contributed by atoms with Gasteiger partial charge in [0.05, 0.1) is 0 Å². The van der Waals surface area contributed by atoms with Gasteiger partial charge in [-0.05, 0) is 43.5 Å². The Morgan fingerprint density at radius 2 is 1.83 bits per heavy atom. The summed E-state index contributed by atoms with van der Waals surface area (Å²) in [7, 11) is 0. The first kappa shape index (κ1) is 16.7. The molecule has 4 heteroatoms. The lowest BCUT2D eigenvalue weighted by Gasteiger charge is -2.08. The molecule has 0 fully saturated rings. The zero-order chi connectivity index (χ0) is 16.7. The van der Waals surface area contributed by atoms with Gasteiger partial charge in [0.1, 0.15) is 0 Å². The Morgan fingerprint density at radius 3 is 2.57 bits per heavy atom. The van der Waals surface area contributed by atoms with Crippen LogP contribution in [0.4, 0.5) is 5.69 Å². The normalized spacial score (nSPS) is 10.2. The van der Waals surface area contributed by atoms with E-state index in [1.54, 1.807) is 24.3 Å². The zero-order valence-corrected chi connectivity index (χ0v) is 13.6. The van der Waals surface area contributed by atoms with Gasteiger partial charge in [0.15, 0.2) is 0 Å². The van der Waals surface area contributed by atoms with Crippen LogP contribution >= 0.6 is 0 Å². The summed E-state index contributed by atoms with van der Waals surface area (Å²) in [6, 6.07) is 15.3. The molecule has 2 rings (SSSR count). The van der Waals surface area contributed by atoms with E-state index in [1.807, 2.05) is 0 Å². The Morgan fingerprint density at radius 1 is 1.04 bits per heavy atom. The summed E-state index contributed by atoms with van der Waals surface area (Å²) in [6.45, 7) is 4.14. The Kier molecular flexibility index (Phi) is 5.92. The molecule has 2 N–H and O–H groups in total. The molecule has 0 saturated carbocycles. The maximum Gasteiger partial charge on any atom is 0.251 e. The monoisotopic (exact) mass is 310 g/mol. The second-order valence-electron chi connectivity index (χ2n) is 5.61. The van der Waals surface area contributed by atoms with E-state index in [2.05, 4.69) is 41.8 Å². The minimum atomic E-state index is -0.152. The maximum atomic E-state index is 12.1. The van der Waals surface area contributed by atoms with Crippen LogP contribution in [-0.4, -0.2) is 18.4 Å². The Bertz CT molecular complexity index is 695. The number of nitrogens with one attached hydrogen (secondary N) is 2. The van der Waals surface area contributed by atoms with E-state index in [0.29, 0.717) is 17.8 Å². The molecule has 0 saturated heterocycles. The average molecular weight is 310 g/mol. The lowest BCUT2D eigenvalue weighted by atomic mass is 10.1. The predicted molar refractivity (Wildman–Crippen MR) is 92.6 cm³/mol. The van der Waals surface area contributed by atoms with Crippen molar-refractivity contribution < 1.29 is 9.59 Å². The number of benzene rings is 2. The van der Waals surface area contributed by atoms with Crippen LogP contribution in [0, 0.1) is 6.92 Å². The molecule has 2 amide bonds. The third kappa shape index (κ3) is 5.58. The van der Waals surface area contributed by atoms with E-state index >= 15 is 0 Å². The lowest BCUT2D eigenvalue weighted by Crippen LogP contribution is -2.24. The Hall–Kier alpha value is -2.62. The Balaban J connectivity index is 1.81. The van der Waals surface area contributed by atoms with Gasteiger partial charge in [-0.2, -0.15) is 0 Å². The van der Waals surface area contributed by atoms with Crippen molar-refractivity contribution in [2.75, 3.05) is 11.9 Å². The van der Waals surface area contributed by atoms with Gasteiger partial charge in [-0.15, -0.1) is 0 Å². The number of carbonyl (C=O) groups excluding carboxylic acids is 2. The Labute approximate surface area is 136 Å².